The van der Waals surface area contributed by atoms with Crippen LogP contribution in [-0.4, -0.2) is 50.5 Å². The van der Waals surface area contributed by atoms with Crippen LogP contribution in [-0.2, 0) is 6.42 Å². The monoisotopic (exact) mass is 492 g/mol. The van der Waals surface area contributed by atoms with Crippen LogP contribution >= 0.6 is 46.7 Å². The first-order valence-electron chi connectivity index (χ1n) is 7.96. The second-order valence-electron chi connectivity index (χ2n) is 5.31. The smallest absolute Gasteiger partial charge is 0.261 e. The number of hydrogen-bond donors (Lipinski definition) is 2. The third kappa shape index (κ3) is 7.74. The third-order valence-electron chi connectivity index (χ3n) is 3.51. The lowest BCUT2D eigenvalue weighted by atomic mass is 10.3. The molecule has 5 nitrogen and oxygen atoms in total. The van der Waals surface area contributed by atoms with Gasteiger partial charge >= 0.3 is 0 Å². The fourth-order valence-corrected chi connectivity index (χ4v) is 3.55. The molecule has 2 aromatic rings. The van der Waals surface area contributed by atoms with Crippen LogP contribution in [0.15, 0.2) is 40.0 Å². The van der Waals surface area contributed by atoms with Crippen molar-refractivity contribution in [2.45, 2.75) is 12.8 Å². The van der Waals surface area contributed by atoms with Gasteiger partial charge in [0, 0.05) is 38.6 Å². The molecule has 0 radical (unpaired) electrons. The highest BCUT2D eigenvalue weighted by atomic mass is 127. The molecule has 8 heteroatoms. The predicted octanol–water partition coefficient (Wildman–Crippen LogP) is 3.30. The number of rotatable bonds is 8. The van der Waals surface area contributed by atoms with E-state index >= 15 is 0 Å². The molecule has 2 aromatic heterocycles. The van der Waals surface area contributed by atoms with E-state index in [1.165, 1.54) is 16.2 Å². The molecule has 0 saturated carbocycles. The predicted molar refractivity (Wildman–Crippen MR) is 119 cm³/mol. The molecule has 0 bridgehead atoms. The molecular formula is C17H25IN4OS2. The van der Waals surface area contributed by atoms with Gasteiger partial charge in [-0.15, -0.1) is 46.7 Å². The van der Waals surface area contributed by atoms with Crippen LogP contribution in [0.1, 0.15) is 21.0 Å². The summed E-state index contributed by atoms with van der Waals surface area (Å²) in [6, 6.07) is 7.96. The molecule has 0 aliphatic heterocycles. The lowest BCUT2D eigenvalue weighted by molar-refractivity contribution is 0.0957. The van der Waals surface area contributed by atoms with Gasteiger partial charge in [0.2, 0.25) is 0 Å². The summed E-state index contributed by atoms with van der Waals surface area (Å²) in [4.78, 5) is 20.4. The number of carbonyl (C=O) groups excluding carboxylic acids is 1. The zero-order valence-corrected chi connectivity index (χ0v) is 18.5. The zero-order valence-electron chi connectivity index (χ0n) is 14.5. The summed E-state index contributed by atoms with van der Waals surface area (Å²) >= 11 is 3.24. The Morgan fingerprint density at radius 2 is 1.88 bits per heavy atom. The molecule has 0 atom stereocenters. The normalized spacial score (nSPS) is 10.9. The molecular weight excluding hydrogens is 467 g/mol. The molecule has 1 amide bonds. The minimum atomic E-state index is 0. The van der Waals surface area contributed by atoms with Gasteiger partial charge in [-0.3, -0.25) is 9.79 Å². The van der Waals surface area contributed by atoms with Crippen molar-refractivity contribution >= 4 is 58.5 Å². The fraction of sp³-hybridized carbons (Fsp3) is 0.412. The van der Waals surface area contributed by atoms with Crippen molar-refractivity contribution in [1.82, 2.24) is 15.5 Å². The van der Waals surface area contributed by atoms with E-state index in [4.69, 9.17) is 0 Å². The van der Waals surface area contributed by atoms with Crippen molar-refractivity contribution in [2.24, 2.45) is 4.99 Å². The standard InChI is InChI=1S/C17H24N4OS2.HI/c1-18-17(21(2)11-8-14-6-3-12-23-14)20-10-5-9-19-16(22)15-7-4-13-24-15;/h3-4,6-7,12-13H,5,8-11H2,1-2H3,(H,18,20)(H,19,22);1H. The highest BCUT2D eigenvalue weighted by Crippen LogP contribution is 2.09. The van der Waals surface area contributed by atoms with Gasteiger partial charge in [-0.05, 0) is 35.7 Å². The quantitative estimate of drug-likeness (QED) is 0.258. The van der Waals surface area contributed by atoms with Gasteiger partial charge in [0.1, 0.15) is 0 Å². The molecule has 25 heavy (non-hydrogen) atoms. The largest absolute Gasteiger partial charge is 0.356 e. The van der Waals surface area contributed by atoms with E-state index in [1.54, 1.807) is 18.4 Å². The number of thiophene rings is 2. The number of aliphatic imine (C=N–C) groups is 1. The number of halogens is 1. The first-order valence-corrected chi connectivity index (χ1v) is 9.72. The highest BCUT2D eigenvalue weighted by Gasteiger charge is 2.07. The molecule has 0 aliphatic rings. The lowest BCUT2D eigenvalue weighted by Gasteiger charge is -2.21. The number of amides is 1. The number of likely N-dealkylation sites (N-methyl/N-ethyl adjacent to an activating group) is 1. The minimum Gasteiger partial charge on any atom is -0.356 e. The van der Waals surface area contributed by atoms with Crippen LogP contribution in [0.4, 0.5) is 0 Å². The molecule has 0 saturated heterocycles. The topological polar surface area (TPSA) is 56.7 Å². The molecule has 0 fully saturated rings. The highest BCUT2D eigenvalue weighted by molar-refractivity contribution is 14.0. The Labute approximate surface area is 174 Å². The first kappa shape index (κ1) is 21.9. The molecule has 2 heterocycles. The van der Waals surface area contributed by atoms with Gasteiger partial charge < -0.3 is 15.5 Å². The van der Waals surface area contributed by atoms with Crippen LogP contribution in [0.2, 0.25) is 0 Å². The van der Waals surface area contributed by atoms with Gasteiger partial charge in [0.25, 0.3) is 5.91 Å². The van der Waals surface area contributed by atoms with Crippen molar-refractivity contribution in [2.75, 3.05) is 33.7 Å². The average molecular weight is 492 g/mol. The summed E-state index contributed by atoms with van der Waals surface area (Å²) in [6.07, 6.45) is 1.88. The Bertz CT molecular complexity index is 629. The maximum Gasteiger partial charge on any atom is 0.261 e. The number of guanidine groups is 1. The van der Waals surface area contributed by atoms with E-state index in [2.05, 4.69) is 38.0 Å². The maximum atomic E-state index is 11.8. The van der Waals surface area contributed by atoms with Crippen LogP contribution in [0.25, 0.3) is 0 Å². The average Bonchev–Trinajstić information content (AvgIpc) is 3.29. The zero-order chi connectivity index (χ0) is 17.2. The van der Waals surface area contributed by atoms with E-state index < -0.39 is 0 Å². The van der Waals surface area contributed by atoms with E-state index in [-0.39, 0.29) is 29.9 Å². The van der Waals surface area contributed by atoms with Gasteiger partial charge in [0.05, 0.1) is 4.88 Å². The van der Waals surface area contributed by atoms with E-state index in [0.29, 0.717) is 6.54 Å². The molecule has 2 rings (SSSR count). The van der Waals surface area contributed by atoms with Crippen LogP contribution in [0.3, 0.4) is 0 Å². The van der Waals surface area contributed by atoms with Crippen molar-refractivity contribution in [1.29, 1.82) is 0 Å². The molecule has 0 unspecified atom stereocenters. The van der Waals surface area contributed by atoms with Crippen LogP contribution in [0, 0.1) is 0 Å². The Balaban J connectivity index is 0.00000312. The fourth-order valence-electron chi connectivity index (χ4n) is 2.21. The molecule has 0 aromatic carbocycles. The second-order valence-corrected chi connectivity index (χ2v) is 7.29. The van der Waals surface area contributed by atoms with Crippen molar-refractivity contribution in [3.63, 3.8) is 0 Å². The number of nitrogens with one attached hydrogen (secondary N) is 2. The van der Waals surface area contributed by atoms with Crippen LogP contribution < -0.4 is 10.6 Å². The molecule has 138 valence electrons. The summed E-state index contributed by atoms with van der Waals surface area (Å²) in [5.41, 5.74) is 0. The number of hydrogen-bond acceptors (Lipinski definition) is 4. The summed E-state index contributed by atoms with van der Waals surface area (Å²) in [6.45, 7) is 2.36. The SMILES string of the molecule is CN=C(NCCCNC(=O)c1cccs1)N(C)CCc1cccs1.I. The summed E-state index contributed by atoms with van der Waals surface area (Å²) in [7, 11) is 3.84. The maximum absolute atomic E-state index is 11.8. The Morgan fingerprint density at radius 3 is 2.52 bits per heavy atom. The van der Waals surface area contributed by atoms with Gasteiger partial charge in [-0.1, -0.05) is 12.1 Å². The minimum absolute atomic E-state index is 0. The summed E-state index contributed by atoms with van der Waals surface area (Å²) in [5, 5.41) is 10.3. The third-order valence-corrected chi connectivity index (χ3v) is 5.32. The second kappa shape index (κ2) is 12.3. The summed E-state index contributed by atoms with van der Waals surface area (Å²) in [5.74, 6) is 0.888. The summed E-state index contributed by atoms with van der Waals surface area (Å²) < 4.78 is 0. The van der Waals surface area contributed by atoms with Crippen molar-refractivity contribution in [3.8, 4) is 0 Å². The Kier molecular flexibility index (Phi) is 10.7. The molecule has 0 spiro atoms. The molecule has 2 N–H and O–H groups in total. The lowest BCUT2D eigenvalue weighted by Crippen LogP contribution is -2.41. The first-order chi connectivity index (χ1) is 11.7. The van der Waals surface area contributed by atoms with Crippen molar-refractivity contribution in [3.05, 3.63) is 44.8 Å². The van der Waals surface area contributed by atoms with Gasteiger partial charge in [0.15, 0.2) is 5.96 Å². The number of nitrogens with zero attached hydrogens (tertiary/aromatic N) is 2. The van der Waals surface area contributed by atoms with Gasteiger partial charge in [-0.2, -0.15) is 0 Å². The number of carbonyl (C=O) groups is 1. The van der Waals surface area contributed by atoms with Crippen LogP contribution in [0.5, 0.6) is 0 Å². The van der Waals surface area contributed by atoms with E-state index in [1.807, 2.05) is 24.6 Å². The molecule has 0 aliphatic carbocycles. The van der Waals surface area contributed by atoms with Crippen molar-refractivity contribution < 1.29 is 4.79 Å². The van der Waals surface area contributed by atoms with E-state index in [0.717, 1.165) is 36.8 Å². The van der Waals surface area contributed by atoms with Gasteiger partial charge in [-0.25, -0.2) is 0 Å². The van der Waals surface area contributed by atoms with E-state index in [9.17, 15) is 4.79 Å². The Morgan fingerprint density at radius 1 is 1.16 bits per heavy atom. The Hall–Kier alpha value is -1.13.